The van der Waals surface area contributed by atoms with E-state index in [1.807, 2.05) is 78.9 Å². The van der Waals surface area contributed by atoms with Crippen molar-refractivity contribution in [2.24, 2.45) is 10.2 Å². The van der Waals surface area contributed by atoms with Crippen molar-refractivity contribution in [3.05, 3.63) is 108 Å². The molecular weight excluding hydrogens is 292 g/mol. The fraction of sp³-hybridized carbons (Fsp3) is 0. The quantitative estimate of drug-likeness (QED) is 0.466. The molecule has 2 aliphatic carbocycles. The molecule has 0 amide bonds. The van der Waals surface area contributed by atoms with Gasteiger partial charge in [-0.25, -0.2) is 0 Å². The fourth-order valence-electron chi connectivity index (χ4n) is 2.61. The lowest BCUT2D eigenvalue weighted by Crippen LogP contribution is -1.85. The first-order valence-corrected chi connectivity index (χ1v) is 7.78. The molecule has 2 heteroatoms. The molecule has 0 bridgehead atoms. The van der Waals surface area contributed by atoms with Crippen LogP contribution < -0.4 is 0 Å². The number of nitrogens with zero attached hydrogens (tertiary/aromatic N) is 2. The zero-order valence-corrected chi connectivity index (χ0v) is 13.0. The first kappa shape index (κ1) is 14.2. The predicted molar refractivity (Wildman–Crippen MR) is 98.3 cm³/mol. The number of hydrogen-bond donors (Lipinski definition) is 0. The van der Waals surface area contributed by atoms with Crippen LogP contribution >= 0.6 is 0 Å². The molecule has 4 rings (SSSR count). The van der Waals surface area contributed by atoms with Gasteiger partial charge in [0.05, 0.1) is 11.4 Å². The minimum atomic E-state index is 0.815. The highest BCUT2D eigenvalue weighted by Gasteiger charge is 2.08. The third kappa shape index (κ3) is 3.02. The lowest BCUT2D eigenvalue weighted by atomic mass is 9.99. The molecule has 0 saturated heterocycles. The molecule has 24 heavy (non-hydrogen) atoms. The summed E-state index contributed by atoms with van der Waals surface area (Å²) in [7, 11) is 0. The molecule has 0 saturated carbocycles. The summed E-state index contributed by atoms with van der Waals surface area (Å²) in [6.45, 7) is 0. The van der Waals surface area contributed by atoms with Crippen molar-refractivity contribution in [2.75, 3.05) is 0 Å². The predicted octanol–water partition coefficient (Wildman–Crippen LogP) is 6.32. The van der Waals surface area contributed by atoms with E-state index in [-0.39, 0.29) is 0 Å². The normalized spacial score (nSPS) is 14.7. The van der Waals surface area contributed by atoms with E-state index in [4.69, 9.17) is 0 Å². The van der Waals surface area contributed by atoms with Gasteiger partial charge in [0, 0.05) is 11.1 Å². The molecule has 0 atom stereocenters. The summed E-state index contributed by atoms with van der Waals surface area (Å²) in [6.07, 6.45) is 11.9. The highest BCUT2D eigenvalue weighted by atomic mass is 15.1. The summed E-state index contributed by atoms with van der Waals surface area (Å²) < 4.78 is 0. The highest BCUT2D eigenvalue weighted by molar-refractivity contribution is 5.83. The number of hydrogen-bond acceptors (Lipinski definition) is 2. The van der Waals surface area contributed by atoms with Gasteiger partial charge in [0.1, 0.15) is 0 Å². The van der Waals surface area contributed by atoms with Gasteiger partial charge in [-0.1, -0.05) is 30.4 Å². The Balaban J connectivity index is 1.77. The van der Waals surface area contributed by atoms with E-state index in [2.05, 4.69) is 27.8 Å². The average molecular weight is 306 g/mol. The van der Waals surface area contributed by atoms with Crippen LogP contribution in [0, 0.1) is 0 Å². The molecule has 2 nitrogen and oxygen atoms in total. The lowest BCUT2D eigenvalue weighted by molar-refractivity contribution is 1.23. The molecule has 0 heterocycles. The second kappa shape index (κ2) is 6.36. The molecular formula is C22H14N2. The maximum atomic E-state index is 4.41. The zero-order valence-electron chi connectivity index (χ0n) is 13.0. The molecule has 0 spiro atoms. The Kier molecular flexibility index (Phi) is 3.75. The van der Waals surface area contributed by atoms with E-state index >= 15 is 0 Å². The first-order chi connectivity index (χ1) is 11.9. The Labute approximate surface area is 140 Å². The smallest absolute Gasteiger partial charge is 0.0869 e. The second-order valence-corrected chi connectivity index (χ2v) is 5.47. The topological polar surface area (TPSA) is 24.7 Å². The Morgan fingerprint density at radius 2 is 1.21 bits per heavy atom. The Bertz CT molecular complexity index is 949. The summed E-state index contributed by atoms with van der Waals surface area (Å²) in [4.78, 5) is 0. The number of azo groups is 1. The van der Waals surface area contributed by atoms with Gasteiger partial charge in [-0.15, -0.1) is 11.5 Å². The van der Waals surface area contributed by atoms with Crippen molar-refractivity contribution in [3.8, 4) is 0 Å². The molecule has 112 valence electrons. The first-order valence-electron chi connectivity index (χ1n) is 7.78. The van der Waals surface area contributed by atoms with Gasteiger partial charge in [0.2, 0.25) is 0 Å². The maximum absolute atomic E-state index is 4.41. The molecule has 0 unspecified atom stereocenters. The lowest BCUT2D eigenvalue weighted by Gasteiger charge is -2.06. The Morgan fingerprint density at radius 3 is 1.75 bits per heavy atom. The molecule has 2 aromatic rings. The van der Waals surface area contributed by atoms with E-state index < -0.39 is 0 Å². The van der Waals surface area contributed by atoms with Crippen LogP contribution in [0.2, 0.25) is 0 Å². The molecule has 0 aromatic heterocycles. The summed E-state index contributed by atoms with van der Waals surface area (Å²) in [5.41, 5.74) is 12.4. The molecule has 0 radical (unpaired) electrons. The minimum absolute atomic E-state index is 0.815. The van der Waals surface area contributed by atoms with Gasteiger partial charge < -0.3 is 0 Å². The summed E-state index contributed by atoms with van der Waals surface area (Å²) in [5, 5.41) is 8.74. The highest BCUT2D eigenvalue weighted by Crippen LogP contribution is 2.30. The van der Waals surface area contributed by atoms with Crippen molar-refractivity contribution < 1.29 is 0 Å². The fourth-order valence-corrected chi connectivity index (χ4v) is 2.61. The summed E-state index contributed by atoms with van der Waals surface area (Å²) in [5.74, 6) is 0. The second-order valence-electron chi connectivity index (χ2n) is 5.47. The Morgan fingerprint density at radius 1 is 0.625 bits per heavy atom. The van der Waals surface area contributed by atoms with E-state index in [0.29, 0.717) is 0 Å². The third-order valence-electron chi connectivity index (χ3n) is 3.77. The number of allylic oxidation sites excluding steroid dienone is 6. The van der Waals surface area contributed by atoms with Crippen molar-refractivity contribution in [2.45, 2.75) is 0 Å². The van der Waals surface area contributed by atoms with Crippen molar-refractivity contribution >= 4 is 22.5 Å². The number of benzene rings is 2. The van der Waals surface area contributed by atoms with Crippen LogP contribution in [-0.2, 0) is 0 Å². The largest absolute Gasteiger partial charge is 0.151 e. The summed E-state index contributed by atoms with van der Waals surface area (Å²) >= 11 is 0. The van der Waals surface area contributed by atoms with Crippen LogP contribution in [0.25, 0.3) is 11.1 Å². The van der Waals surface area contributed by atoms with Crippen LogP contribution in [0.1, 0.15) is 11.1 Å². The zero-order chi connectivity index (χ0) is 16.2. The van der Waals surface area contributed by atoms with Crippen LogP contribution in [0.15, 0.2) is 107 Å². The van der Waals surface area contributed by atoms with E-state index in [1.165, 1.54) is 0 Å². The van der Waals surface area contributed by atoms with Gasteiger partial charge >= 0.3 is 0 Å². The van der Waals surface area contributed by atoms with Gasteiger partial charge in [0.15, 0.2) is 0 Å². The van der Waals surface area contributed by atoms with Crippen molar-refractivity contribution in [1.82, 2.24) is 0 Å². The minimum Gasteiger partial charge on any atom is -0.151 e. The average Bonchev–Trinajstić information content (AvgIpc) is 3.34. The Hall–Kier alpha value is -3.44. The molecule has 0 fully saturated rings. The van der Waals surface area contributed by atoms with Crippen molar-refractivity contribution in [3.63, 3.8) is 0 Å². The van der Waals surface area contributed by atoms with Gasteiger partial charge in [0.25, 0.3) is 0 Å². The van der Waals surface area contributed by atoms with E-state index in [0.717, 1.165) is 33.6 Å². The summed E-state index contributed by atoms with van der Waals surface area (Å²) in [6, 6.07) is 15.9. The third-order valence-corrected chi connectivity index (χ3v) is 3.77. The van der Waals surface area contributed by atoms with Crippen LogP contribution in [0.3, 0.4) is 0 Å². The van der Waals surface area contributed by atoms with Crippen LogP contribution in [-0.4, -0.2) is 0 Å². The molecule has 0 N–H and O–H groups in total. The monoisotopic (exact) mass is 306 g/mol. The van der Waals surface area contributed by atoms with E-state index in [1.54, 1.807) is 0 Å². The van der Waals surface area contributed by atoms with Crippen LogP contribution in [0.5, 0.6) is 0 Å². The van der Waals surface area contributed by atoms with Crippen molar-refractivity contribution in [1.29, 1.82) is 0 Å². The molecule has 2 aromatic carbocycles. The van der Waals surface area contributed by atoms with Gasteiger partial charge in [-0.05, 0) is 65.8 Å². The molecule has 2 aliphatic rings. The van der Waals surface area contributed by atoms with Crippen LogP contribution in [0.4, 0.5) is 11.4 Å². The molecule has 0 aliphatic heterocycles. The van der Waals surface area contributed by atoms with Gasteiger partial charge in [-0.3, -0.25) is 0 Å². The SMILES string of the molecule is C1=CC=CC=1c1cc(N=Nc2ccccc2)cc(C2=C=CC=C2)c1. The maximum Gasteiger partial charge on any atom is 0.0869 e. The number of rotatable bonds is 4. The standard InChI is InChI=1S/C22H14N2/c1-2-12-21(13-3-1)23-24-22-15-19(17-8-4-5-9-17)14-20(16-22)18-10-6-7-11-18/h1-8,10,12-16H. The van der Waals surface area contributed by atoms with E-state index in [9.17, 15) is 0 Å². The van der Waals surface area contributed by atoms with Gasteiger partial charge in [-0.2, -0.15) is 10.2 Å².